The summed E-state index contributed by atoms with van der Waals surface area (Å²) >= 11 is 0. The molecule has 0 radical (unpaired) electrons. The number of carbonyl (C=O) groups is 1. The van der Waals surface area contributed by atoms with E-state index in [1.165, 1.54) is 0 Å². The molecule has 0 bridgehead atoms. The Morgan fingerprint density at radius 2 is 2.19 bits per heavy atom. The molecule has 3 N–H and O–H groups in total. The number of nitrogens with two attached hydrogens (primary N) is 1. The normalized spacial score (nSPS) is 10.4. The Balaban J connectivity index is 2.03. The van der Waals surface area contributed by atoms with Crippen molar-refractivity contribution >= 4 is 17.3 Å². The molecule has 7 nitrogen and oxygen atoms in total. The van der Waals surface area contributed by atoms with Crippen LogP contribution in [0.25, 0.3) is 0 Å². The Hall–Kier alpha value is -2.57. The second-order valence-electron chi connectivity index (χ2n) is 5.03. The zero-order valence-corrected chi connectivity index (χ0v) is 12.5. The molecule has 0 atom stereocenters. The van der Waals surface area contributed by atoms with E-state index in [1.807, 2.05) is 36.7 Å². The van der Waals surface area contributed by atoms with Gasteiger partial charge in [0.25, 0.3) is 5.91 Å². The number of anilines is 2. The molecule has 0 saturated carbocycles. The van der Waals surface area contributed by atoms with Gasteiger partial charge in [0.05, 0.1) is 5.56 Å². The van der Waals surface area contributed by atoms with Crippen molar-refractivity contribution in [3.8, 4) is 0 Å². The van der Waals surface area contributed by atoms with Crippen molar-refractivity contribution < 1.29 is 4.79 Å². The van der Waals surface area contributed by atoms with E-state index in [2.05, 4.69) is 15.5 Å². The summed E-state index contributed by atoms with van der Waals surface area (Å²) in [6.07, 6.45) is 2.26. The monoisotopic (exact) mass is 288 g/mol. The van der Waals surface area contributed by atoms with Crippen molar-refractivity contribution in [1.82, 2.24) is 20.1 Å². The fraction of sp³-hybridized carbons (Fsp3) is 0.357. The highest BCUT2D eigenvalue weighted by atomic mass is 16.1. The van der Waals surface area contributed by atoms with Crippen molar-refractivity contribution in [1.29, 1.82) is 0 Å². The predicted octanol–water partition coefficient (Wildman–Crippen LogP) is 0.436. The van der Waals surface area contributed by atoms with E-state index in [1.54, 1.807) is 18.5 Å². The van der Waals surface area contributed by atoms with Crippen molar-refractivity contribution in [2.45, 2.75) is 6.42 Å². The molecule has 0 aliphatic heterocycles. The Morgan fingerprint density at radius 3 is 2.81 bits per heavy atom. The van der Waals surface area contributed by atoms with Gasteiger partial charge < -0.3 is 20.5 Å². The SMILES string of the molecule is CN(C)c1ccc(N)cc1C(=O)NCCc1nncn1C. The summed E-state index contributed by atoms with van der Waals surface area (Å²) in [5, 5.41) is 10.7. The average Bonchev–Trinajstić information content (AvgIpc) is 2.84. The molecule has 1 amide bonds. The van der Waals surface area contributed by atoms with Gasteiger partial charge in [-0.2, -0.15) is 0 Å². The molecule has 2 rings (SSSR count). The molecule has 1 aromatic carbocycles. The van der Waals surface area contributed by atoms with Crippen molar-refractivity contribution in [2.24, 2.45) is 7.05 Å². The number of hydrogen-bond donors (Lipinski definition) is 2. The van der Waals surface area contributed by atoms with Crippen LogP contribution in [-0.4, -0.2) is 41.3 Å². The number of aryl methyl sites for hydroxylation is 1. The van der Waals surface area contributed by atoms with Gasteiger partial charge >= 0.3 is 0 Å². The van der Waals surface area contributed by atoms with Crippen LogP contribution in [0.2, 0.25) is 0 Å². The first kappa shape index (κ1) is 14.8. The molecule has 0 spiro atoms. The average molecular weight is 288 g/mol. The maximum atomic E-state index is 12.3. The predicted molar refractivity (Wildman–Crippen MR) is 82.2 cm³/mol. The smallest absolute Gasteiger partial charge is 0.253 e. The van der Waals surface area contributed by atoms with Gasteiger partial charge in [-0.3, -0.25) is 4.79 Å². The highest BCUT2D eigenvalue weighted by Crippen LogP contribution is 2.21. The zero-order chi connectivity index (χ0) is 15.4. The van der Waals surface area contributed by atoms with Crippen LogP contribution in [-0.2, 0) is 13.5 Å². The van der Waals surface area contributed by atoms with Crippen LogP contribution in [0.1, 0.15) is 16.2 Å². The molecule has 112 valence electrons. The molecule has 1 aromatic heterocycles. The van der Waals surface area contributed by atoms with Gasteiger partial charge in [0.2, 0.25) is 0 Å². The maximum absolute atomic E-state index is 12.3. The van der Waals surface area contributed by atoms with Crippen molar-refractivity contribution in [3.63, 3.8) is 0 Å². The number of nitrogen functional groups attached to an aromatic ring is 1. The third kappa shape index (κ3) is 3.50. The number of amides is 1. The second-order valence-corrected chi connectivity index (χ2v) is 5.03. The van der Waals surface area contributed by atoms with Crippen LogP contribution in [0.4, 0.5) is 11.4 Å². The Kier molecular flexibility index (Phi) is 4.42. The summed E-state index contributed by atoms with van der Waals surface area (Å²) < 4.78 is 1.83. The largest absolute Gasteiger partial charge is 0.399 e. The van der Waals surface area contributed by atoms with Crippen LogP contribution in [0.5, 0.6) is 0 Å². The zero-order valence-electron chi connectivity index (χ0n) is 12.5. The number of rotatable bonds is 5. The molecule has 0 saturated heterocycles. The van der Waals surface area contributed by atoms with E-state index < -0.39 is 0 Å². The molecule has 0 aliphatic carbocycles. The number of nitrogens with one attached hydrogen (secondary N) is 1. The number of nitrogens with zero attached hydrogens (tertiary/aromatic N) is 4. The molecule has 0 unspecified atom stereocenters. The lowest BCUT2D eigenvalue weighted by molar-refractivity contribution is 0.0954. The highest BCUT2D eigenvalue weighted by Gasteiger charge is 2.13. The number of carbonyl (C=O) groups excluding carboxylic acids is 1. The van der Waals surface area contributed by atoms with Crippen molar-refractivity contribution in [3.05, 3.63) is 35.9 Å². The lowest BCUT2D eigenvalue weighted by Gasteiger charge is -2.17. The highest BCUT2D eigenvalue weighted by molar-refractivity contribution is 6.00. The van der Waals surface area contributed by atoms with Gasteiger partial charge in [-0.05, 0) is 18.2 Å². The molecular weight excluding hydrogens is 268 g/mol. The van der Waals surface area contributed by atoms with E-state index in [-0.39, 0.29) is 5.91 Å². The van der Waals surface area contributed by atoms with Crippen LogP contribution < -0.4 is 16.0 Å². The first-order valence-corrected chi connectivity index (χ1v) is 6.67. The first-order chi connectivity index (χ1) is 9.99. The second kappa shape index (κ2) is 6.25. The molecule has 0 fully saturated rings. The van der Waals surface area contributed by atoms with Gasteiger partial charge in [0, 0.05) is 45.5 Å². The third-order valence-corrected chi connectivity index (χ3v) is 3.19. The summed E-state index contributed by atoms with van der Waals surface area (Å²) in [7, 11) is 5.66. The molecule has 2 aromatic rings. The Labute approximate surface area is 123 Å². The fourth-order valence-corrected chi connectivity index (χ4v) is 2.04. The van der Waals surface area contributed by atoms with Crippen LogP contribution >= 0.6 is 0 Å². The molecular formula is C14H20N6O. The van der Waals surface area contributed by atoms with E-state index >= 15 is 0 Å². The third-order valence-electron chi connectivity index (χ3n) is 3.19. The maximum Gasteiger partial charge on any atom is 0.253 e. The van der Waals surface area contributed by atoms with Gasteiger partial charge in [-0.15, -0.1) is 10.2 Å². The van der Waals surface area contributed by atoms with E-state index in [4.69, 9.17) is 5.73 Å². The van der Waals surface area contributed by atoms with E-state index in [0.29, 0.717) is 24.2 Å². The summed E-state index contributed by atoms with van der Waals surface area (Å²) in [4.78, 5) is 14.2. The Bertz CT molecular complexity index is 634. The van der Waals surface area contributed by atoms with E-state index in [0.717, 1.165) is 11.5 Å². The van der Waals surface area contributed by atoms with Gasteiger partial charge in [-0.1, -0.05) is 0 Å². The molecule has 0 aliphatic rings. The lowest BCUT2D eigenvalue weighted by Crippen LogP contribution is -2.28. The number of hydrogen-bond acceptors (Lipinski definition) is 5. The minimum Gasteiger partial charge on any atom is -0.399 e. The number of benzene rings is 1. The van der Waals surface area contributed by atoms with Gasteiger partial charge in [0.15, 0.2) is 0 Å². The van der Waals surface area contributed by atoms with E-state index in [9.17, 15) is 4.79 Å². The van der Waals surface area contributed by atoms with Crippen LogP contribution in [0.15, 0.2) is 24.5 Å². The van der Waals surface area contributed by atoms with Crippen molar-refractivity contribution in [2.75, 3.05) is 31.3 Å². The fourth-order valence-electron chi connectivity index (χ4n) is 2.04. The molecule has 7 heteroatoms. The summed E-state index contributed by atoms with van der Waals surface area (Å²) in [5.41, 5.74) is 7.74. The molecule has 21 heavy (non-hydrogen) atoms. The quantitative estimate of drug-likeness (QED) is 0.779. The topological polar surface area (TPSA) is 89.1 Å². The van der Waals surface area contributed by atoms with Crippen LogP contribution in [0.3, 0.4) is 0 Å². The number of aromatic nitrogens is 3. The van der Waals surface area contributed by atoms with Gasteiger partial charge in [-0.25, -0.2) is 0 Å². The summed E-state index contributed by atoms with van der Waals surface area (Å²) in [6, 6.07) is 5.31. The van der Waals surface area contributed by atoms with Crippen LogP contribution in [0, 0.1) is 0 Å². The lowest BCUT2D eigenvalue weighted by atomic mass is 10.1. The minimum absolute atomic E-state index is 0.145. The van der Waals surface area contributed by atoms with Gasteiger partial charge in [0.1, 0.15) is 12.2 Å². The molecule has 1 heterocycles. The Morgan fingerprint density at radius 1 is 1.43 bits per heavy atom. The first-order valence-electron chi connectivity index (χ1n) is 6.67. The summed E-state index contributed by atoms with van der Waals surface area (Å²) in [6.45, 7) is 0.493. The standard InChI is InChI=1S/C14H20N6O/c1-19(2)12-5-4-10(15)8-11(12)14(21)16-7-6-13-18-17-9-20(13)3/h4-5,8-9H,6-7,15H2,1-3H3,(H,16,21). The summed E-state index contributed by atoms with van der Waals surface area (Å²) in [5.74, 6) is 0.684. The minimum atomic E-state index is -0.145.